The predicted octanol–water partition coefficient (Wildman–Crippen LogP) is 3.88. The molecule has 0 unspecified atom stereocenters. The third-order valence-corrected chi connectivity index (χ3v) is 18.1. The van der Waals surface area contributed by atoms with Crippen molar-refractivity contribution in [3.63, 3.8) is 0 Å². The van der Waals surface area contributed by atoms with Crippen molar-refractivity contribution in [3.05, 3.63) is 89.5 Å². The minimum atomic E-state index is -9.17. The predicted molar refractivity (Wildman–Crippen MR) is 85.9 cm³/mol. The van der Waals surface area contributed by atoms with Crippen LogP contribution in [0.2, 0.25) is 0 Å². The number of benzene rings is 3. The molecule has 27 heavy (non-hydrogen) atoms. The Bertz CT molecular complexity index is 855. The molecule has 0 N–H and O–H groups in total. The minimum absolute atomic E-state index is 0.434. The van der Waals surface area contributed by atoms with E-state index in [1.54, 1.807) is 0 Å². The van der Waals surface area contributed by atoms with Crippen LogP contribution in [-0.2, 0) is 0 Å². The second kappa shape index (κ2) is 6.55. The zero-order valence-corrected chi connectivity index (χ0v) is 16.6. The molecule has 0 aliphatic carbocycles. The fourth-order valence-electron chi connectivity index (χ4n) is 2.93. The van der Waals surface area contributed by atoms with Gasteiger partial charge in [-0.2, -0.15) is 0 Å². The second-order valence-corrected chi connectivity index (χ2v) is 17.9. The molecule has 0 aromatic heterocycles. The van der Waals surface area contributed by atoms with Gasteiger partial charge >= 0.3 is 151 Å². The fraction of sp³-hybridized carbons (Fsp3) is 0. The summed E-state index contributed by atoms with van der Waals surface area (Å²) in [6, 6.07) is 4.85. The molecule has 0 saturated heterocycles. The van der Waals surface area contributed by atoms with Crippen molar-refractivity contribution in [2.75, 3.05) is 0 Å². The van der Waals surface area contributed by atoms with E-state index in [1.165, 1.54) is 0 Å². The Morgan fingerprint density at radius 1 is 0.407 bits per heavy atom. The average molecular weight is 586 g/mol. The van der Waals surface area contributed by atoms with E-state index in [4.69, 9.17) is 0 Å². The molecular weight excluding hydrogens is 577 g/mol. The summed E-state index contributed by atoms with van der Waals surface area (Å²) in [5.74, 6) is -11.1. The number of halogens is 8. The van der Waals surface area contributed by atoms with Gasteiger partial charge < -0.3 is 0 Å². The van der Waals surface area contributed by atoms with Gasteiger partial charge in [-0.15, -0.1) is 0 Å². The Hall–Kier alpha value is -2.02. The van der Waals surface area contributed by atoms with E-state index in [9.17, 15) is 26.3 Å². The van der Waals surface area contributed by atoms with Crippen LogP contribution in [0.5, 0.6) is 0 Å². The molecule has 142 valence electrons. The van der Waals surface area contributed by atoms with E-state index in [-0.39, 0.29) is 0 Å². The first kappa shape index (κ1) is 19.7. The standard InChI is InChI=1S/3C6H3F2.Bi.2FH/c3*7-5-2-1-3-6(8)4-5;;;/h3*1-3H;;2*1H/q;;;+2;;/p-2. The van der Waals surface area contributed by atoms with Crippen molar-refractivity contribution in [2.24, 2.45) is 0 Å². The van der Waals surface area contributed by atoms with Gasteiger partial charge in [-0.25, -0.2) is 0 Å². The maximum absolute atomic E-state index is 16.3. The van der Waals surface area contributed by atoms with Gasteiger partial charge in [-0.1, -0.05) is 0 Å². The Balaban J connectivity index is 2.65. The van der Waals surface area contributed by atoms with Crippen LogP contribution in [0.25, 0.3) is 0 Å². The fourth-order valence-corrected chi connectivity index (χ4v) is 16.0. The molecule has 3 aromatic carbocycles. The first-order valence-corrected chi connectivity index (χ1v) is 15.2. The van der Waals surface area contributed by atoms with Crippen molar-refractivity contribution in [3.8, 4) is 0 Å². The molecule has 3 rings (SSSR count). The van der Waals surface area contributed by atoms with Crippen LogP contribution in [0.3, 0.4) is 0 Å². The summed E-state index contributed by atoms with van der Waals surface area (Å²) in [5.41, 5.74) is 0. The molecule has 0 spiro atoms. The summed E-state index contributed by atoms with van der Waals surface area (Å²) < 4.78 is 113. The van der Waals surface area contributed by atoms with Gasteiger partial charge in [0, 0.05) is 0 Å². The van der Waals surface area contributed by atoms with Crippen molar-refractivity contribution in [1.29, 1.82) is 0 Å². The molecule has 0 aliphatic rings. The molecule has 0 aliphatic heterocycles. The van der Waals surface area contributed by atoms with E-state index >= 15 is 5.25 Å². The molecule has 0 bridgehead atoms. The maximum atomic E-state index is 16.3. The Kier molecular flexibility index (Phi) is 4.79. The van der Waals surface area contributed by atoms with Gasteiger partial charge in [0.15, 0.2) is 0 Å². The van der Waals surface area contributed by atoms with Gasteiger partial charge in [-0.3, -0.25) is 0 Å². The van der Waals surface area contributed by atoms with Crippen molar-refractivity contribution >= 4 is 29.8 Å². The van der Waals surface area contributed by atoms with Gasteiger partial charge in [-0.05, 0) is 0 Å². The third-order valence-electron chi connectivity index (χ3n) is 3.99. The molecule has 9 heteroatoms. The van der Waals surface area contributed by atoms with E-state index in [0.717, 1.165) is 18.2 Å². The zero-order chi connectivity index (χ0) is 20.0. The molecule has 0 nitrogen and oxygen atoms in total. The Morgan fingerprint density at radius 2 is 0.593 bits per heavy atom. The molecule has 0 saturated carbocycles. The van der Waals surface area contributed by atoms with Gasteiger partial charge in [0.1, 0.15) is 0 Å². The number of rotatable bonds is 3. The average Bonchev–Trinajstić information content (AvgIpc) is 2.53. The van der Waals surface area contributed by atoms with E-state index in [0.29, 0.717) is 36.4 Å². The molecule has 0 heterocycles. The van der Waals surface area contributed by atoms with E-state index in [2.05, 4.69) is 0 Å². The molecule has 0 amide bonds. The van der Waals surface area contributed by atoms with Crippen LogP contribution in [0.4, 0.5) is 31.6 Å². The van der Waals surface area contributed by atoms with Crippen molar-refractivity contribution in [1.82, 2.24) is 0 Å². The van der Waals surface area contributed by atoms with Gasteiger partial charge in [0.05, 0.1) is 0 Å². The van der Waals surface area contributed by atoms with E-state index in [1.807, 2.05) is 0 Å². The molecule has 0 radical (unpaired) electrons. The first-order chi connectivity index (χ1) is 12.6. The van der Waals surface area contributed by atoms with Gasteiger partial charge in [0.2, 0.25) is 0 Å². The Labute approximate surface area is 151 Å². The topological polar surface area (TPSA) is 0 Å². The molecule has 3 aromatic rings. The van der Waals surface area contributed by atoms with Crippen LogP contribution in [-0.4, -0.2) is 20.0 Å². The summed E-state index contributed by atoms with van der Waals surface area (Å²) in [6.07, 6.45) is 0. The van der Waals surface area contributed by atoms with Crippen LogP contribution in [0, 0.1) is 34.9 Å². The first-order valence-electron chi connectivity index (χ1n) is 7.37. The quantitative estimate of drug-likeness (QED) is 0.323. The molecule has 0 atom stereocenters. The third kappa shape index (κ3) is 2.83. The Morgan fingerprint density at radius 3 is 0.778 bits per heavy atom. The van der Waals surface area contributed by atoms with Crippen LogP contribution >= 0.6 is 0 Å². The summed E-state index contributed by atoms with van der Waals surface area (Å²) in [7, 11) is 0. The van der Waals surface area contributed by atoms with Crippen LogP contribution in [0.1, 0.15) is 0 Å². The zero-order valence-electron chi connectivity index (χ0n) is 13.2. The monoisotopic (exact) mass is 586 g/mol. The number of hydrogen-bond acceptors (Lipinski definition) is 0. The van der Waals surface area contributed by atoms with E-state index < -0.39 is 64.7 Å². The van der Waals surface area contributed by atoms with Gasteiger partial charge in [0.25, 0.3) is 0 Å². The molecular formula is C18H9BiF8. The summed E-state index contributed by atoms with van der Waals surface area (Å²) in [6.45, 7) is 0. The second-order valence-electron chi connectivity index (χ2n) is 5.62. The summed E-state index contributed by atoms with van der Waals surface area (Å²) in [4.78, 5) is 0. The normalized spacial score (nSPS) is 13.3. The van der Waals surface area contributed by atoms with Crippen molar-refractivity contribution < 1.29 is 31.6 Å². The van der Waals surface area contributed by atoms with Crippen molar-refractivity contribution in [2.45, 2.75) is 0 Å². The number of hydrogen-bond donors (Lipinski definition) is 0. The van der Waals surface area contributed by atoms with Crippen LogP contribution in [0.15, 0.2) is 54.6 Å². The summed E-state index contributed by atoms with van der Waals surface area (Å²) in [5, 5.41) is 0. The SMILES string of the molecule is Fc1cccc(F)[c]1[Bi]([F])([F])([c]1c(F)cccc1F)[c]1c(F)cccc1F. The molecule has 0 fully saturated rings. The van der Waals surface area contributed by atoms with Crippen LogP contribution < -0.4 is 9.81 Å². The summed E-state index contributed by atoms with van der Waals surface area (Å²) >= 11 is -9.17.